The molecule has 0 aromatic carbocycles. The minimum Gasteiger partial charge on any atom is -0.341 e. The molecule has 1 aliphatic rings. The molecule has 1 aromatic rings. The van der Waals surface area contributed by atoms with Crippen molar-refractivity contribution in [3.8, 4) is 0 Å². The van der Waals surface area contributed by atoms with E-state index in [0.29, 0.717) is 12.3 Å². The summed E-state index contributed by atoms with van der Waals surface area (Å²) in [5, 5.41) is 7.44. The van der Waals surface area contributed by atoms with Crippen LogP contribution in [0.5, 0.6) is 0 Å². The van der Waals surface area contributed by atoms with Crippen molar-refractivity contribution in [2.45, 2.75) is 19.4 Å². The van der Waals surface area contributed by atoms with Crippen LogP contribution in [-0.4, -0.2) is 30.9 Å². The lowest BCUT2D eigenvalue weighted by atomic mass is 10.0. The lowest BCUT2D eigenvalue weighted by Gasteiger charge is -2.18. The van der Waals surface area contributed by atoms with Crippen molar-refractivity contribution in [1.82, 2.24) is 10.2 Å². The summed E-state index contributed by atoms with van der Waals surface area (Å²) in [4.78, 5) is 13.8. The predicted octanol–water partition coefficient (Wildman–Crippen LogP) is 1.71. The molecule has 1 amide bonds. The van der Waals surface area contributed by atoms with E-state index in [1.807, 2.05) is 11.9 Å². The van der Waals surface area contributed by atoms with Crippen LogP contribution in [0.25, 0.3) is 0 Å². The van der Waals surface area contributed by atoms with E-state index < -0.39 is 0 Å². The molecule has 0 saturated carbocycles. The molecule has 1 aromatic heterocycles. The Balaban J connectivity index is 1.79. The van der Waals surface area contributed by atoms with Crippen LogP contribution in [0.1, 0.15) is 18.4 Å². The number of hydrogen-bond acceptors (Lipinski definition) is 3. The van der Waals surface area contributed by atoms with Crippen LogP contribution in [-0.2, 0) is 11.3 Å². The number of nitrogens with one attached hydrogen (secondary N) is 1. The summed E-state index contributed by atoms with van der Waals surface area (Å²) in [5.41, 5.74) is 1.23. The van der Waals surface area contributed by atoms with Crippen LogP contribution < -0.4 is 5.32 Å². The second-order valence-corrected chi connectivity index (χ2v) is 5.22. The fourth-order valence-electron chi connectivity index (χ4n) is 2.04. The normalized spacial score (nSPS) is 19.9. The molecule has 1 fully saturated rings. The van der Waals surface area contributed by atoms with Gasteiger partial charge in [-0.3, -0.25) is 4.79 Å². The number of carbonyl (C=O) groups excluding carboxylic acids is 1. The maximum Gasteiger partial charge on any atom is 0.222 e. The van der Waals surface area contributed by atoms with E-state index in [4.69, 9.17) is 0 Å². The average Bonchev–Trinajstić information content (AvgIpc) is 2.90. The quantitative estimate of drug-likeness (QED) is 0.866. The summed E-state index contributed by atoms with van der Waals surface area (Å²) in [6, 6.07) is 2.07. The van der Waals surface area contributed by atoms with Gasteiger partial charge in [-0.1, -0.05) is 0 Å². The molecule has 16 heavy (non-hydrogen) atoms. The first-order chi connectivity index (χ1) is 7.75. The molecule has 1 unspecified atom stereocenters. The van der Waals surface area contributed by atoms with Gasteiger partial charge in [-0.05, 0) is 47.8 Å². The highest BCUT2D eigenvalue weighted by Crippen LogP contribution is 2.15. The van der Waals surface area contributed by atoms with Gasteiger partial charge in [0, 0.05) is 20.0 Å². The molecule has 4 heteroatoms. The van der Waals surface area contributed by atoms with E-state index in [9.17, 15) is 4.79 Å². The molecule has 0 aliphatic carbocycles. The van der Waals surface area contributed by atoms with E-state index in [2.05, 4.69) is 22.1 Å². The van der Waals surface area contributed by atoms with Gasteiger partial charge in [-0.15, -0.1) is 0 Å². The number of thiophene rings is 1. The van der Waals surface area contributed by atoms with E-state index >= 15 is 0 Å². The minimum atomic E-state index is 0.264. The van der Waals surface area contributed by atoms with Gasteiger partial charge >= 0.3 is 0 Å². The van der Waals surface area contributed by atoms with Crippen LogP contribution in [0.4, 0.5) is 0 Å². The third-order valence-corrected chi connectivity index (χ3v) is 3.78. The van der Waals surface area contributed by atoms with Crippen LogP contribution in [0.3, 0.4) is 0 Å². The number of carbonyl (C=O) groups is 1. The smallest absolute Gasteiger partial charge is 0.222 e. The third-order valence-electron chi connectivity index (χ3n) is 3.05. The van der Waals surface area contributed by atoms with Crippen LogP contribution in [0, 0.1) is 5.92 Å². The molecule has 1 saturated heterocycles. The highest BCUT2D eigenvalue weighted by Gasteiger charge is 2.20. The Kier molecular flexibility index (Phi) is 3.96. The zero-order chi connectivity index (χ0) is 11.4. The van der Waals surface area contributed by atoms with Gasteiger partial charge in [0.05, 0.1) is 0 Å². The Labute approximate surface area is 100 Å². The predicted molar refractivity (Wildman–Crippen MR) is 66.4 cm³/mol. The molecule has 1 N–H and O–H groups in total. The summed E-state index contributed by atoms with van der Waals surface area (Å²) in [5.74, 6) is 0.803. The van der Waals surface area contributed by atoms with Crippen molar-refractivity contribution in [2.75, 3.05) is 20.1 Å². The second-order valence-electron chi connectivity index (χ2n) is 4.44. The van der Waals surface area contributed by atoms with Crippen LogP contribution in [0.2, 0.25) is 0 Å². The van der Waals surface area contributed by atoms with E-state index in [1.54, 1.807) is 11.3 Å². The lowest BCUT2D eigenvalue weighted by molar-refractivity contribution is -0.131. The van der Waals surface area contributed by atoms with E-state index in [-0.39, 0.29) is 5.91 Å². The fourth-order valence-corrected chi connectivity index (χ4v) is 2.70. The molecular weight excluding hydrogens is 220 g/mol. The summed E-state index contributed by atoms with van der Waals surface area (Å²) >= 11 is 1.68. The van der Waals surface area contributed by atoms with E-state index in [0.717, 1.165) is 26.1 Å². The Bertz CT molecular complexity index is 331. The van der Waals surface area contributed by atoms with Crippen molar-refractivity contribution in [3.63, 3.8) is 0 Å². The van der Waals surface area contributed by atoms with Crippen molar-refractivity contribution in [3.05, 3.63) is 22.4 Å². The van der Waals surface area contributed by atoms with Gasteiger partial charge in [0.1, 0.15) is 0 Å². The molecule has 2 heterocycles. The molecule has 1 atom stereocenters. The Hall–Kier alpha value is -0.870. The zero-order valence-electron chi connectivity index (χ0n) is 9.61. The minimum absolute atomic E-state index is 0.264. The molecule has 0 spiro atoms. The first kappa shape index (κ1) is 11.6. The number of hydrogen-bond donors (Lipinski definition) is 1. The van der Waals surface area contributed by atoms with Crippen molar-refractivity contribution < 1.29 is 4.79 Å². The van der Waals surface area contributed by atoms with Gasteiger partial charge in [0.2, 0.25) is 5.91 Å². The van der Waals surface area contributed by atoms with Crippen LogP contribution >= 0.6 is 11.3 Å². The lowest BCUT2D eigenvalue weighted by Crippen LogP contribution is -2.28. The van der Waals surface area contributed by atoms with Gasteiger partial charge in [0.25, 0.3) is 0 Å². The zero-order valence-corrected chi connectivity index (χ0v) is 10.4. The summed E-state index contributed by atoms with van der Waals surface area (Å²) in [6.45, 7) is 2.80. The topological polar surface area (TPSA) is 32.3 Å². The molecule has 1 aliphatic heterocycles. The number of rotatable bonds is 4. The standard InChI is InChI=1S/C12H18N2OS/c1-14(8-11-3-5-16-9-11)12(15)6-10-2-4-13-7-10/h3,5,9-10,13H,2,4,6-8H2,1H3. The van der Waals surface area contributed by atoms with Crippen molar-refractivity contribution in [1.29, 1.82) is 0 Å². The molecule has 2 rings (SSSR count). The number of amides is 1. The Morgan fingerprint density at radius 1 is 1.69 bits per heavy atom. The highest BCUT2D eigenvalue weighted by molar-refractivity contribution is 7.07. The fraction of sp³-hybridized carbons (Fsp3) is 0.583. The average molecular weight is 238 g/mol. The van der Waals surface area contributed by atoms with Crippen molar-refractivity contribution in [2.24, 2.45) is 5.92 Å². The van der Waals surface area contributed by atoms with Gasteiger partial charge < -0.3 is 10.2 Å². The Morgan fingerprint density at radius 2 is 2.56 bits per heavy atom. The summed E-state index contributed by atoms with van der Waals surface area (Å²) < 4.78 is 0. The third kappa shape index (κ3) is 3.06. The van der Waals surface area contributed by atoms with Gasteiger partial charge in [-0.25, -0.2) is 0 Å². The Morgan fingerprint density at radius 3 is 3.19 bits per heavy atom. The maximum absolute atomic E-state index is 11.9. The van der Waals surface area contributed by atoms with Gasteiger partial charge in [0.15, 0.2) is 0 Å². The molecular formula is C12H18N2OS. The van der Waals surface area contributed by atoms with Gasteiger partial charge in [-0.2, -0.15) is 11.3 Å². The molecule has 0 radical (unpaired) electrons. The molecule has 88 valence electrons. The highest BCUT2D eigenvalue weighted by atomic mass is 32.1. The van der Waals surface area contributed by atoms with E-state index in [1.165, 1.54) is 5.56 Å². The monoisotopic (exact) mass is 238 g/mol. The first-order valence-corrected chi connectivity index (χ1v) is 6.66. The summed E-state index contributed by atoms with van der Waals surface area (Å²) in [6.07, 6.45) is 1.83. The largest absolute Gasteiger partial charge is 0.341 e. The van der Waals surface area contributed by atoms with Crippen LogP contribution in [0.15, 0.2) is 16.8 Å². The molecule has 3 nitrogen and oxygen atoms in total. The maximum atomic E-state index is 11.9. The SMILES string of the molecule is CN(Cc1ccsc1)C(=O)CC1CCNC1. The summed E-state index contributed by atoms with van der Waals surface area (Å²) in [7, 11) is 1.89. The first-order valence-electron chi connectivity index (χ1n) is 5.71. The van der Waals surface area contributed by atoms with Crippen molar-refractivity contribution >= 4 is 17.2 Å². The molecule has 0 bridgehead atoms. The second kappa shape index (κ2) is 5.46. The number of nitrogens with zero attached hydrogens (tertiary/aromatic N) is 1.